The van der Waals surface area contributed by atoms with Gasteiger partial charge in [0.2, 0.25) is 0 Å². The SMILES string of the molecule is COc1ccc(-c2ccc(-c3cnn4c(N)c(Br)c(C(C)CC5CCC(C)N5C(=O)C(N)=NC=N)nc34)cn2)cc1F. The molecule has 11 nitrogen and oxygen atoms in total. The summed E-state index contributed by atoms with van der Waals surface area (Å²) in [6.07, 6.45) is 6.45. The van der Waals surface area contributed by atoms with Crippen molar-refractivity contribution in [3.05, 3.63) is 58.7 Å². The van der Waals surface area contributed by atoms with Gasteiger partial charge in [-0.2, -0.15) is 9.61 Å². The van der Waals surface area contributed by atoms with Crippen molar-refractivity contribution in [2.75, 3.05) is 12.8 Å². The molecule has 1 aliphatic rings. The van der Waals surface area contributed by atoms with Gasteiger partial charge in [0, 0.05) is 40.9 Å². The summed E-state index contributed by atoms with van der Waals surface area (Å²) in [7, 11) is 1.42. The first kappa shape index (κ1) is 29.1. The maximum atomic E-state index is 14.2. The van der Waals surface area contributed by atoms with Crippen molar-refractivity contribution in [2.45, 2.75) is 51.1 Å². The molecule has 0 saturated carbocycles. The number of fused-ring (bicyclic) bond motifs is 1. The number of carbonyl (C=O) groups is 1. The normalized spacial score (nSPS) is 17.9. The van der Waals surface area contributed by atoms with Gasteiger partial charge in [0.1, 0.15) is 12.2 Å². The highest BCUT2D eigenvalue weighted by atomic mass is 79.9. The van der Waals surface area contributed by atoms with Gasteiger partial charge in [-0.3, -0.25) is 15.2 Å². The molecule has 13 heteroatoms. The first-order valence-corrected chi connectivity index (χ1v) is 14.2. The Hall–Kier alpha value is -4.39. The molecule has 5 rings (SSSR count). The van der Waals surface area contributed by atoms with Crippen LogP contribution in [-0.4, -0.2) is 61.8 Å². The zero-order valence-corrected chi connectivity index (χ0v) is 25.0. The van der Waals surface area contributed by atoms with E-state index in [1.54, 1.807) is 33.9 Å². The number of nitrogens with two attached hydrogens (primary N) is 2. The Morgan fingerprint density at radius 3 is 2.71 bits per heavy atom. The minimum Gasteiger partial charge on any atom is -0.494 e. The van der Waals surface area contributed by atoms with E-state index < -0.39 is 5.82 Å². The van der Waals surface area contributed by atoms with Gasteiger partial charge in [-0.25, -0.2) is 14.4 Å². The van der Waals surface area contributed by atoms with E-state index in [9.17, 15) is 9.18 Å². The number of nitrogens with one attached hydrogen (secondary N) is 1. The lowest BCUT2D eigenvalue weighted by atomic mass is 9.96. The molecule has 0 bridgehead atoms. The number of hydrogen-bond acceptors (Lipinski definition) is 7. The lowest BCUT2D eigenvalue weighted by Gasteiger charge is -2.30. The molecule has 1 amide bonds. The summed E-state index contributed by atoms with van der Waals surface area (Å²) in [5, 5.41) is 11.6. The molecule has 0 spiro atoms. The second-order valence-corrected chi connectivity index (χ2v) is 11.1. The van der Waals surface area contributed by atoms with Crippen molar-refractivity contribution >= 4 is 45.5 Å². The third-order valence-electron chi connectivity index (χ3n) is 7.71. The molecule has 1 saturated heterocycles. The lowest BCUT2D eigenvalue weighted by Crippen LogP contribution is -2.46. The van der Waals surface area contributed by atoms with Gasteiger partial charge < -0.3 is 21.1 Å². The highest BCUT2D eigenvalue weighted by molar-refractivity contribution is 9.10. The summed E-state index contributed by atoms with van der Waals surface area (Å²) < 4.78 is 21.5. The fraction of sp³-hybridized carbons (Fsp3) is 0.310. The number of amides is 1. The van der Waals surface area contributed by atoms with Gasteiger partial charge in [0.25, 0.3) is 5.91 Å². The predicted molar refractivity (Wildman–Crippen MR) is 163 cm³/mol. The summed E-state index contributed by atoms with van der Waals surface area (Å²) in [6, 6.07) is 8.33. The third kappa shape index (κ3) is 5.31. The molecule has 1 aliphatic heterocycles. The Morgan fingerprint density at radius 1 is 1.29 bits per heavy atom. The maximum absolute atomic E-state index is 14.2. The van der Waals surface area contributed by atoms with Crippen LogP contribution in [0.2, 0.25) is 0 Å². The number of aliphatic imine (C=N–C) groups is 1. The molecule has 218 valence electrons. The summed E-state index contributed by atoms with van der Waals surface area (Å²) in [5.41, 5.74) is 16.4. The molecule has 1 fully saturated rings. The van der Waals surface area contributed by atoms with Crippen LogP contribution in [0.1, 0.15) is 44.7 Å². The number of methoxy groups -OCH3 is 1. The molecule has 3 atom stereocenters. The maximum Gasteiger partial charge on any atom is 0.289 e. The highest BCUT2D eigenvalue weighted by Crippen LogP contribution is 2.37. The number of anilines is 1. The average molecular weight is 637 g/mol. The number of carbonyl (C=O) groups excluding carboxylic acids is 1. The zero-order valence-electron chi connectivity index (χ0n) is 23.4. The monoisotopic (exact) mass is 635 g/mol. The van der Waals surface area contributed by atoms with Crippen LogP contribution in [0.25, 0.3) is 28.0 Å². The quantitative estimate of drug-likeness (QED) is 0.194. The van der Waals surface area contributed by atoms with Gasteiger partial charge >= 0.3 is 0 Å². The van der Waals surface area contributed by atoms with Gasteiger partial charge in [0.05, 0.1) is 29.2 Å². The predicted octanol–water partition coefficient (Wildman–Crippen LogP) is 4.79. The van der Waals surface area contributed by atoms with Crippen LogP contribution in [0, 0.1) is 11.2 Å². The molecule has 5 N–H and O–H groups in total. The van der Waals surface area contributed by atoms with E-state index in [2.05, 4.69) is 31.0 Å². The van der Waals surface area contributed by atoms with E-state index in [-0.39, 0.29) is 35.5 Å². The molecular weight excluding hydrogens is 605 g/mol. The van der Waals surface area contributed by atoms with Gasteiger partial charge in [-0.1, -0.05) is 13.0 Å². The second-order valence-electron chi connectivity index (χ2n) is 10.3. The van der Waals surface area contributed by atoms with Crippen molar-refractivity contribution in [3.8, 4) is 28.1 Å². The molecule has 4 heterocycles. The molecule has 0 radical (unpaired) electrons. The smallest absolute Gasteiger partial charge is 0.289 e. The number of hydrogen-bond donors (Lipinski definition) is 3. The van der Waals surface area contributed by atoms with E-state index in [4.69, 9.17) is 26.6 Å². The Morgan fingerprint density at radius 2 is 2.05 bits per heavy atom. The number of pyridine rings is 1. The Kier molecular flexibility index (Phi) is 8.21. The first-order valence-electron chi connectivity index (χ1n) is 13.4. The van der Waals surface area contributed by atoms with Crippen molar-refractivity contribution < 1.29 is 13.9 Å². The molecule has 3 aromatic heterocycles. The van der Waals surface area contributed by atoms with E-state index in [1.165, 1.54) is 13.2 Å². The highest BCUT2D eigenvalue weighted by Gasteiger charge is 2.37. The summed E-state index contributed by atoms with van der Waals surface area (Å²) in [5.74, 6) is -0.522. The molecular formula is C29H31BrFN9O2. The zero-order chi connectivity index (χ0) is 30.1. The Bertz CT molecular complexity index is 1690. The number of amidine groups is 1. The summed E-state index contributed by atoms with van der Waals surface area (Å²) >= 11 is 3.62. The summed E-state index contributed by atoms with van der Waals surface area (Å²) in [4.78, 5) is 27.9. The lowest BCUT2D eigenvalue weighted by molar-refractivity contribution is -0.126. The third-order valence-corrected chi connectivity index (χ3v) is 8.52. The number of likely N-dealkylation sites (tertiary alicyclic amines) is 1. The van der Waals surface area contributed by atoms with Crippen LogP contribution in [0.4, 0.5) is 10.2 Å². The topological polar surface area (TPSA) is 161 Å². The second kappa shape index (κ2) is 11.8. The minimum atomic E-state index is -0.460. The van der Waals surface area contributed by atoms with Gasteiger partial charge in [0.15, 0.2) is 23.0 Å². The Labute approximate surface area is 250 Å². The van der Waals surface area contributed by atoms with E-state index in [0.717, 1.165) is 36.0 Å². The number of aromatic nitrogens is 4. The van der Waals surface area contributed by atoms with Crippen molar-refractivity contribution in [1.29, 1.82) is 5.41 Å². The number of nitrogen functional groups attached to an aromatic ring is 1. The number of nitrogens with zero attached hydrogens (tertiary/aromatic N) is 6. The van der Waals surface area contributed by atoms with Crippen molar-refractivity contribution in [2.24, 2.45) is 10.7 Å². The fourth-order valence-corrected chi connectivity index (χ4v) is 6.19. The van der Waals surface area contributed by atoms with Crippen molar-refractivity contribution in [1.82, 2.24) is 24.5 Å². The van der Waals surface area contributed by atoms with Gasteiger partial charge in [-0.15, -0.1) is 0 Å². The van der Waals surface area contributed by atoms with Crippen LogP contribution >= 0.6 is 15.9 Å². The Balaban J connectivity index is 1.44. The van der Waals surface area contributed by atoms with E-state index in [1.807, 2.05) is 26.0 Å². The molecule has 3 unspecified atom stereocenters. The molecule has 1 aromatic carbocycles. The fourth-order valence-electron chi connectivity index (χ4n) is 5.54. The number of halogens is 2. The van der Waals surface area contributed by atoms with Crippen molar-refractivity contribution in [3.63, 3.8) is 0 Å². The number of rotatable bonds is 7. The number of benzene rings is 1. The first-order chi connectivity index (χ1) is 20.1. The van der Waals surface area contributed by atoms with E-state index >= 15 is 0 Å². The van der Waals surface area contributed by atoms with E-state index in [0.29, 0.717) is 33.6 Å². The molecule has 0 aliphatic carbocycles. The van der Waals surface area contributed by atoms with Crippen LogP contribution < -0.4 is 16.2 Å². The van der Waals surface area contributed by atoms with Crippen LogP contribution in [0.15, 0.2) is 52.2 Å². The number of ether oxygens (including phenoxy) is 1. The molecule has 4 aromatic rings. The van der Waals surface area contributed by atoms with Gasteiger partial charge in [-0.05, 0) is 66.4 Å². The largest absolute Gasteiger partial charge is 0.494 e. The molecule has 42 heavy (non-hydrogen) atoms. The minimum absolute atomic E-state index is 0.00412. The van der Waals surface area contributed by atoms with Crippen LogP contribution in [-0.2, 0) is 4.79 Å². The summed E-state index contributed by atoms with van der Waals surface area (Å²) in [6.45, 7) is 4.03. The average Bonchev–Trinajstić information content (AvgIpc) is 3.57. The van der Waals surface area contributed by atoms with Crippen LogP contribution in [0.5, 0.6) is 5.75 Å². The standard InChI is InChI=1S/C29H31BrFN9O2/c1-15(10-19-7-4-16(2)39(19)29(41)26(33)36-14-32)25-24(30)27(34)40-28(38-25)20(13-37-40)18-5-8-22(35-12-18)17-6-9-23(42-3)21(31)11-17/h5-6,8-9,11-16,19H,4,7,10,34H2,1-3H3,(H3,32,33,36). The van der Waals surface area contributed by atoms with Crippen LogP contribution in [0.3, 0.4) is 0 Å².